The molecule has 0 aliphatic carbocycles. The zero-order valence-corrected chi connectivity index (χ0v) is 14.4. The third kappa shape index (κ3) is 6.60. The molecule has 0 bridgehead atoms. The van der Waals surface area contributed by atoms with Crippen LogP contribution < -0.4 is 10.6 Å². The second-order valence-electron chi connectivity index (χ2n) is 5.39. The molecule has 2 aromatic carbocycles. The maximum Gasteiger partial charge on any atom is 0.254 e. The highest BCUT2D eigenvalue weighted by Gasteiger charge is 2.09. The number of amides is 2. The van der Waals surface area contributed by atoms with E-state index in [0.717, 1.165) is 11.3 Å². The Bertz CT molecular complexity index is 697. The van der Waals surface area contributed by atoms with Gasteiger partial charge in [-0.25, -0.2) is 4.39 Å². The smallest absolute Gasteiger partial charge is 0.254 e. The van der Waals surface area contributed by atoms with E-state index in [1.54, 1.807) is 19.9 Å². The number of rotatable bonds is 3. The summed E-state index contributed by atoms with van der Waals surface area (Å²) in [5, 5.41) is 5.24. The van der Waals surface area contributed by atoms with E-state index in [1.807, 2.05) is 31.2 Å². The molecular formula is C19H23FN2O2. The molecule has 2 rings (SSSR count). The molecule has 0 aliphatic heterocycles. The van der Waals surface area contributed by atoms with E-state index in [-0.39, 0.29) is 17.4 Å². The molecule has 4 nitrogen and oxygen atoms in total. The maximum absolute atomic E-state index is 13.2. The number of aryl methyl sites for hydroxylation is 2. The molecule has 2 aromatic rings. The molecule has 0 aromatic heterocycles. The summed E-state index contributed by atoms with van der Waals surface area (Å²) in [6.07, 6.45) is 0. The van der Waals surface area contributed by atoms with E-state index in [1.165, 1.54) is 24.6 Å². The highest BCUT2D eigenvalue weighted by atomic mass is 19.1. The van der Waals surface area contributed by atoms with Gasteiger partial charge in [0, 0.05) is 19.2 Å². The van der Waals surface area contributed by atoms with Crippen molar-refractivity contribution in [1.29, 1.82) is 0 Å². The average Bonchev–Trinajstić information content (AvgIpc) is 2.50. The van der Waals surface area contributed by atoms with Crippen molar-refractivity contribution in [3.8, 4) is 0 Å². The van der Waals surface area contributed by atoms with Crippen LogP contribution >= 0.6 is 0 Å². The van der Waals surface area contributed by atoms with Crippen LogP contribution in [0.5, 0.6) is 0 Å². The fourth-order valence-corrected chi connectivity index (χ4v) is 1.90. The fraction of sp³-hybridized carbons (Fsp3) is 0.263. The molecule has 0 saturated carbocycles. The molecule has 2 N–H and O–H groups in total. The van der Waals surface area contributed by atoms with Crippen LogP contribution in [0.3, 0.4) is 0 Å². The van der Waals surface area contributed by atoms with Gasteiger partial charge >= 0.3 is 0 Å². The Kier molecular flexibility index (Phi) is 7.62. The molecule has 0 saturated heterocycles. The molecule has 5 heteroatoms. The molecule has 0 spiro atoms. The minimum absolute atomic E-state index is 0.0335. The maximum atomic E-state index is 13.2. The zero-order valence-electron chi connectivity index (χ0n) is 14.4. The van der Waals surface area contributed by atoms with E-state index in [2.05, 4.69) is 10.6 Å². The minimum Gasteiger partial charge on any atom is -0.352 e. The van der Waals surface area contributed by atoms with Crippen LogP contribution in [0.25, 0.3) is 0 Å². The van der Waals surface area contributed by atoms with E-state index >= 15 is 0 Å². The summed E-state index contributed by atoms with van der Waals surface area (Å²) in [6, 6.07) is 12.3. The highest BCUT2D eigenvalue weighted by molar-refractivity contribution is 5.94. The lowest BCUT2D eigenvalue weighted by atomic mass is 10.1. The van der Waals surface area contributed by atoms with E-state index in [4.69, 9.17) is 0 Å². The predicted molar refractivity (Wildman–Crippen MR) is 94.6 cm³/mol. The van der Waals surface area contributed by atoms with Crippen LogP contribution in [0, 0.1) is 19.7 Å². The Morgan fingerprint density at radius 2 is 1.58 bits per heavy atom. The second-order valence-corrected chi connectivity index (χ2v) is 5.39. The Hall–Kier alpha value is -2.69. The Morgan fingerprint density at radius 3 is 2.08 bits per heavy atom. The van der Waals surface area contributed by atoms with Gasteiger partial charge in [-0.1, -0.05) is 23.8 Å². The van der Waals surface area contributed by atoms with Crippen LogP contribution in [-0.4, -0.2) is 18.4 Å². The standard InChI is InChI=1S/C10H12FNO.C9H11NO/c1-3-12-10(13)8-5-4-7(2)6-9(8)11;1-7-3-5-9(6-4-7)10-8(2)11/h4-6H,3H2,1-2H3,(H,12,13);3-6H,1-2H3,(H,10,11). The van der Waals surface area contributed by atoms with Crippen LogP contribution in [0.4, 0.5) is 10.1 Å². The van der Waals surface area contributed by atoms with Gasteiger partial charge in [0.15, 0.2) is 0 Å². The largest absolute Gasteiger partial charge is 0.352 e. The van der Waals surface area contributed by atoms with E-state index in [9.17, 15) is 14.0 Å². The third-order valence-corrected chi connectivity index (χ3v) is 3.08. The van der Waals surface area contributed by atoms with Gasteiger partial charge in [0.05, 0.1) is 5.56 Å². The summed E-state index contributed by atoms with van der Waals surface area (Å²) >= 11 is 0. The lowest BCUT2D eigenvalue weighted by Gasteiger charge is -2.03. The lowest BCUT2D eigenvalue weighted by Crippen LogP contribution is -2.23. The second kappa shape index (κ2) is 9.45. The first-order valence-electron chi connectivity index (χ1n) is 7.72. The number of anilines is 1. The van der Waals surface area contributed by atoms with E-state index in [0.29, 0.717) is 6.54 Å². The minimum atomic E-state index is -0.467. The molecule has 0 atom stereocenters. The van der Waals surface area contributed by atoms with Crippen molar-refractivity contribution >= 4 is 17.5 Å². The Morgan fingerprint density at radius 1 is 1.00 bits per heavy atom. The fourth-order valence-electron chi connectivity index (χ4n) is 1.90. The molecule has 24 heavy (non-hydrogen) atoms. The average molecular weight is 330 g/mol. The number of carbonyl (C=O) groups is 2. The first kappa shape index (κ1) is 19.4. The van der Waals surface area contributed by atoms with Crippen LogP contribution in [0.2, 0.25) is 0 Å². The Balaban J connectivity index is 0.000000243. The van der Waals surface area contributed by atoms with Gasteiger partial charge in [-0.2, -0.15) is 0 Å². The number of nitrogens with one attached hydrogen (secondary N) is 2. The van der Waals surface area contributed by atoms with Gasteiger partial charge in [0.25, 0.3) is 5.91 Å². The molecule has 2 amide bonds. The van der Waals surface area contributed by atoms with Crippen molar-refractivity contribution < 1.29 is 14.0 Å². The summed E-state index contributed by atoms with van der Waals surface area (Å²) in [5.41, 5.74) is 2.96. The van der Waals surface area contributed by atoms with Crippen LogP contribution in [0.1, 0.15) is 35.3 Å². The van der Waals surface area contributed by atoms with Gasteiger partial charge < -0.3 is 10.6 Å². The molecular weight excluding hydrogens is 307 g/mol. The third-order valence-electron chi connectivity index (χ3n) is 3.08. The van der Waals surface area contributed by atoms with Crippen molar-refractivity contribution in [2.75, 3.05) is 11.9 Å². The lowest BCUT2D eigenvalue weighted by molar-refractivity contribution is -0.114. The van der Waals surface area contributed by atoms with Gasteiger partial charge in [0.2, 0.25) is 5.91 Å². The topological polar surface area (TPSA) is 58.2 Å². The van der Waals surface area contributed by atoms with Crippen molar-refractivity contribution in [2.45, 2.75) is 27.7 Å². The summed E-state index contributed by atoms with van der Waals surface area (Å²) < 4.78 is 13.2. The molecule has 0 heterocycles. The summed E-state index contributed by atoms with van der Waals surface area (Å²) in [4.78, 5) is 21.8. The number of carbonyl (C=O) groups excluding carboxylic acids is 2. The first-order chi connectivity index (χ1) is 11.3. The zero-order chi connectivity index (χ0) is 18.1. The molecule has 128 valence electrons. The van der Waals surface area contributed by atoms with Gasteiger partial charge in [-0.05, 0) is 50.6 Å². The quantitative estimate of drug-likeness (QED) is 0.898. The summed E-state index contributed by atoms with van der Waals surface area (Å²) in [5.74, 6) is -0.861. The van der Waals surface area contributed by atoms with Crippen LogP contribution in [-0.2, 0) is 4.79 Å². The number of hydrogen-bond acceptors (Lipinski definition) is 2. The van der Waals surface area contributed by atoms with Crippen molar-refractivity contribution in [3.63, 3.8) is 0 Å². The van der Waals surface area contributed by atoms with Gasteiger partial charge in [0.1, 0.15) is 5.82 Å². The number of benzene rings is 2. The first-order valence-corrected chi connectivity index (χ1v) is 7.72. The number of halogens is 1. The summed E-state index contributed by atoms with van der Waals surface area (Å²) in [7, 11) is 0. The van der Waals surface area contributed by atoms with Crippen molar-refractivity contribution in [3.05, 3.63) is 65.0 Å². The number of hydrogen-bond donors (Lipinski definition) is 2. The molecule has 0 fully saturated rings. The van der Waals surface area contributed by atoms with Gasteiger partial charge in [-0.3, -0.25) is 9.59 Å². The van der Waals surface area contributed by atoms with Crippen molar-refractivity contribution in [1.82, 2.24) is 5.32 Å². The van der Waals surface area contributed by atoms with Gasteiger partial charge in [-0.15, -0.1) is 0 Å². The molecule has 0 radical (unpaired) electrons. The Labute approximate surface area is 142 Å². The summed E-state index contributed by atoms with van der Waals surface area (Å²) in [6.45, 7) is 7.60. The monoisotopic (exact) mass is 330 g/mol. The van der Waals surface area contributed by atoms with E-state index < -0.39 is 5.82 Å². The highest BCUT2D eigenvalue weighted by Crippen LogP contribution is 2.09. The van der Waals surface area contributed by atoms with Crippen molar-refractivity contribution in [2.24, 2.45) is 0 Å². The molecule has 0 aliphatic rings. The molecule has 0 unspecified atom stereocenters. The normalized spacial score (nSPS) is 9.54. The van der Waals surface area contributed by atoms with Crippen LogP contribution in [0.15, 0.2) is 42.5 Å². The SMILES string of the molecule is CC(=O)Nc1ccc(C)cc1.CCNC(=O)c1ccc(C)cc1F. The predicted octanol–water partition coefficient (Wildman–Crippen LogP) is 3.84.